The van der Waals surface area contributed by atoms with E-state index in [1.54, 1.807) is 42.5 Å². The van der Waals surface area contributed by atoms with Crippen LogP contribution in [0, 0.1) is 0 Å². The second-order valence-corrected chi connectivity index (χ2v) is 9.03. The van der Waals surface area contributed by atoms with E-state index in [1.165, 1.54) is 17.4 Å². The molecule has 0 radical (unpaired) electrons. The highest BCUT2D eigenvalue weighted by atomic mass is 35.5. The summed E-state index contributed by atoms with van der Waals surface area (Å²) in [6.07, 6.45) is 4.27. The molecule has 3 rings (SSSR count). The van der Waals surface area contributed by atoms with E-state index >= 15 is 0 Å². The van der Waals surface area contributed by atoms with Gasteiger partial charge in [-0.2, -0.15) is 0 Å². The quantitative estimate of drug-likeness (QED) is 0.765. The molecule has 1 fully saturated rings. The summed E-state index contributed by atoms with van der Waals surface area (Å²) in [7, 11) is -2.21. The predicted molar refractivity (Wildman–Crippen MR) is 108 cm³/mol. The van der Waals surface area contributed by atoms with Gasteiger partial charge in [-0.3, -0.25) is 9.10 Å². The maximum absolute atomic E-state index is 12.8. The second-order valence-electron chi connectivity index (χ2n) is 6.66. The Hall–Kier alpha value is -2.05. The van der Waals surface area contributed by atoms with Gasteiger partial charge in [0.1, 0.15) is 0 Å². The first-order chi connectivity index (χ1) is 12.9. The summed E-state index contributed by atoms with van der Waals surface area (Å²) < 4.78 is 26.7. The molecule has 2 aromatic rings. The molecule has 2 aromatic carbocycles. The number of anilines is 1. The predicted octanol–water partition coefficient (Wildman–Crippen LogP) is 4.18. The van der Waals surface area contributed by atoms with E-state index < -0.39 is 10.0 Å². The van der Waals surface area contributed by atoms with E-state index in [0.29, 0.717) is 11.3 Å². The summed E-state index contributed by atoms with van der Waals surface area (Å²) >= 11 is 6.36. The molecule has 0 atom stereocenters. The van der Waals surface area contributed by atoms with Crippen LogP contribution in [0.5, 0.6) is 0 Å². The Morgan fingerprint density at radius 1 is 1.00 bits per heavy atom. The van der Waals surface area contributed by atoms with Crippen LogP contribution in [0.3, 0.4) is 0 Å². The molecule has 1 heterocycles. The number of amides is 1. The lowest BCUT2D eigenvalue weighted by atomic mass is 10.1. The van der Waals surface area contributed by atoms with Crippen molar-refractivity contribution in [1.29, 1.82) is 0 Å². The van der Waals surface area contributed by atoms with E-state index in [2.05, 4.69) is 0 Å². The van der Waals surface area contributed by atoms with Gasteiger partial charge in [-0.25, -0.2) is 8.42 Å². The third-order valence-corrected chi connectivity index (χ3v) is 6.95. The number of likely N-dealkylation sites (tertiary alicyclic amines) is 1. The van der Waals surface area contributed by atoms with Gasteiger partial charge in [0.15, 0.2) is 0 Å². The van der Waals surface area contributed by atoms with Crippen LogP contribution >= 0.6 is 11.6 Å². The maximum Gasteiger partial charge on any atom is 0.264 e. The zero-order chi connectivity index (χ0) is 19.4. The average Bonchev–Trinajstić information content (AvgIpc) is 2.97. The number of benzene rings is 2. The fourth-order valence-electron chi connectivity index (χ4n) is 3.21. The van der Waals surface area contributed by atoms with Crippen LogP contribution in [0.1, 0.15) is 36.0 Å². The highest BCUT2D eigenvalue weighted by Crippen LogP contribution is 2.28. The smallest absolute Gasteiger partial charge is 0.264 e. The fourth-order valence-corrected chi connectivity index (χ4v) is 4.67. The molecule has 0 N–H and O–H groups in total. The number of hydrogen-bond donors (Lipinski definition) is 0. The average molecular weight is 407 g/mol. The molecule has 144 valence electrons. The number of carbonyl (C=O) groups is 1. The SMILES string of the molecule is CN(c1ccc(C(=O)N2CCCCCC2)c(Cl)c1)S(=O)(=O)c1ccccc1. The zero-order valence-electron chi connectivity index (χ0n) is 15.3. The number of nitrogens with zero attached hydrogens (tertiary/aromatic N) is 2. The van der Waals surface area contributed by atoms with Crippen LogP contribution in [0.15, 0.2) is 53.4 Å². The lowest BCUT2D eigenvalue weighted by molar-refractivity contribution is 0.0762. The van der Waals surface area contributed by atoms with Crippen molar-refractivity contribution in [3.63, 3.8) is 0 Å². The van der Waals surface area contributed by atoms with Gasteiger partial charge in [-0.1, -0.05) is 42.6 Å². The molecule has 0 saturated carbocycles. The second kappa shape index (κ2) is 8.31. The van der Waals surface area contributed by atoms with Crippen molar-refractivity contribution in [2.75, 3.05) is 24.4 Å². The van der Waals surface area contributed by atoms with E-state index in [0.717, 1.165) is 38.8 Å². The van der Waals surface area contributed by atoms with Gasteiger partial charge in [-0.15, -0.1) is 0 Å². The summed E-state index contributed by atoms with van der Waals surface area (Å²) in [4.78, 5) is 14.8. The van der Waals surface area contributed by atoms with Crippen molar-refractivity contribution in [2.24, 2.45) is 0 Å². The third kappa shape index (κ3) is 4.28. The Labute approximate surface area is 165 Å². The first-order valence-corrected chi connectivity index (χ1v) is 10.9. The van der Waals surface area contributed by atoms with E-state index in [9.17, 15) is 13.2 Å². The largest absolute Gasteiger partial charge is 0.339 e. The van der Waals surface area contributed by atoms with Gasteiger partial charge in [0.2, 0.25) is 0 Å². The minimum Gasteiger partial charge on any atom is -0.339 e. The Kier molecular flexibility index (Phi) is 6.07. The topological polar surface area (TPSA) is 57.7 Å². The molecule has 0 spiro atoms. The zero-order valence-corrected chi connectivity index (χ0v) is 16.8. The number of rotatable bonds is 4. The molecule has 0 bridgehead atoms. The van der Waals surface area contributed by atoms with Crippen molar-refractivity contribution in [2.45, 2.75) is 30.6 Å². The summed E-state index contributed by atoms with van der Waals surface area (Å²) in [6.45, 7) is 1.47. The first kappa shape index (κ1) is 19.7. The Balaban J connectivity index is 1.85. The molecule has 0 unspecified atom stereocenters. The minimum absolute atomic E-state index is 0.0954. The van der Waals surface area contributed by atoms with E-state index in [4.69, 9.17) is 11.6 Å². The van der Waals surface area contributed by atoms with Gasteiger partial charge in [0.05, 0.1) is 21.2 Å². The van der Waals surface area contributed by atoms with Crippen molar-refractivity contribution < 1.29 is 13.2 Å². The molecule has 27 heavy (non-hydrogen) atoms. The van der Waals surface area contributed by atoms with Crippen LogP contribution in [-0.4, -0.2) is 39.4 Å². The minimum atomic E-state index is -3.69. The first-order valence-electron chi connectivity index (χ1n) is 9.04. The normalized spacial score (nSPS) is 15.3. The van der Waals surface area contributed by atoms with Gasteiger partial charge in [-0.05, 0) is 43.2 Å². The molecule has 7 heteroatoms. The van der Waals surface area contributed by atoms with Crippen LogP contribution < -0.4 is 4.31 Å². The standard InChI is InChI=1S/C20H23ClN2O3S/c1-22(27(25,26)17-9-5-4-6-10-17)16-11-12-18(19(21)15-16)20(24)23-13-7-2-3-8-14-23/h4-6,9-12,15H,2-3,7-8,13-14H2,1H3. The van der Waals surface area contributed by atoms with Gasteiger partial charge < -0.3 is 4.90 Å². The van der Waals surface area contributed by atoms with Crippen LogP contribution in [0.4, 0.5) is 5.69 Å². The Morgan fingerprint density at radius 3 is 2.22 bits per heavy atom. The Morgan fingerprint density at radius 2 is 1.63 bits per heavy atom. The third-order valence-electron chi connectivity index (χ3n) is 4.84. The maximum atomic E-state index is 12.8. The molecule has 5 nitrogen and oxygen atoms in total. The highest BCUT2D eigenvalue weighted by Gasteiger charge is 2.24. The molecule has 0 aromatic heterocycles. The molecule has 0 aliphatic carbocycles. The van der Waals surface area contributed by atoms with Crippen molar-refractivity contribution >= 4 is 33.2 Å². The lowest BCUT2D eigenvalue weighted by Gasteiger charge is -2.23. The number of halogens is 1. The number of hydrogen-bond acceptors (Lipinski definition) is 3. The fraction of sp³-hybridized carbons (Fsp3) is 0.350. The van der Waals surface area contributed by atoms with Gasteiger partial charge in [0.25, 0.3) is 15.9 Å². The Bertz CT molecular complexity index is 908. The van der Waals surface area contributed by atoms with Crippen LogP contribution in [-0.2, 0) is 10.0 Å². The molecule has 1 aliphatic rings. The molecular weight excluding hydrogens is 384 g/mol. The molecule has 1 aliphatic heterocycles. The summed E-state index contributed by atoms with van der Waals surface area (Å²) in [6, 6.07) is 13.0. The molecular formula is C20H23ClN2O3S. The van der Waals surface area contributed by atoms with Gasteiger partial charge >= 0.3 is 0 Å². The van der Waals surface area contributed by atoms with Crippen molar-refractivity contribution in [3.05, 3.63) is 59.1 Å². The lowest BCUT2D eigenvalue weighted by Crippen LogP contribution is -2.32. The summed E-state index contributed by atoms with van der Waals surface area (Å²) in [5.41, 5.74) is 0.823. The van der Waals surface area contributed by atoms with E-state index in [-0.39, 0.29) is 15.8 Å². The van der Waals surface area contributed by atoms with Crippen molar-refractivity contribution in [3.8, 4) is 0 Å². The molecule has 1 saturated heterocycles. The van der Waals surface area contributed by atoms with Gasteiger partial charge in [0, 0.05) is 20.1 Å². The summed E-state index contributed by atoms with van der Waals surface area (Å²) in [5.74, 6) is -0.0954. The molecule has 1 amide bonds. The number of sulfonamides is 1. The number of carbonyl (C=O) groups excluding carboxylic acids is 1. The van der Waals surface area contributed by atoms with Crippen molar-refractivity contribution in [1.82, 2.24) is 4.90 Å². The highest BCUT2D eigenvalue weighted by molar-refractivity contribution is 7.92. The summed E-state index contributed by atoms with van der Waals surface area (Å²) in [5, 5.41) is 0.261. The van der Waals surface area contributed by atoms with Crippen LogP contribution in [0.25, 0.3) is 0 Å². The van der Waals surface area contributed by atoms with Crippen LogP contribution in [0.2, 0.25) is 5.02 Å². The monoisotopic (exact) mass is 406 g/mol. The van der Waals surface area contributed by atoms with E-state index in [1.807, 2.05) is 4.90 Å².